The largest absolute Gasteiger partial charge is 0.505 e. The van der Waals surface area contributed by atoms with E-state index in [1.807, 2.05) is 42.5 Å². The van der Waals surface area contributed by atoms with Gasteiger partial charge in [-0.3, -0.25) is 4.79 Å². The van der Waals surface area contributed by atoms with Crippen LogP contribution >= 0.6 is 23.2 Å². The molecule has 2 aliphatic rings. The van der Waals surface area contributed by atoms with Crippen molar-refractivity contribution in [3.05, 3.63) is 101 Å². The third-order valence-electron chi connectivity index (χ3n) is 6.77. The minimum atomic E-state index is -0.246. The van der Waals surface area contributed by atoms with Crippen molar-refractivity contribution in [3.8, 4) is 17.2 Å². The van der Waals surface area contributed by atoms with Gasteiger partial charge in [0.2, 0.25) is 0 Å². The lowest BCUT2D eigenvalue weighted by atomic mass is 10.0. The Bertz CT molecular complexity index is 1700. The maximum Gasteiger partial charge on any atom is 0.258 e. The van der Waals surface area contributed by atoms with Gasteiger partial charge in [-0.05, 0) is 35.0 Å². The first kappa shape index (κ1) is 25.2. The van der Waals surface area contributed by atoms with E-state index in [1.165, 1.54) is 22.9 Å². The molecule has 0 radical (unpaired) electrons. The van der Waals surface area contributed by atoms with Crippen molar-refractivity contribution in [2.24, 2.45) is 0 Å². The molecule has 6 nitrogen and oxygen atoms in total. The third-order valence-corrected chi connectivity index (χ3v) is 7.34. The number of amides is 1. The molecule has 0 atom stereocenters. The van der Waals surface area contributed by atoms with Crippen LogP contribution in [-0.2, 0) is 0 Å². The molecule has 2 heterocycles. The van der Waals surface area contributed by atoms with Crippen LogP contribution in [-0.4, -0.2) is 37.3 Å². The molecule has 0 saturated heterocycles. The molecule has 0 spiro atoms. The van der Waals surface area contributed by atoms with E-state index in [1.54, 1.807) is 4.90 Å². The number of hydrogen-bond acceptors (Lipinski definition) is 5. The molecular formula is C31H24Cl2N2O4. The maximum absolute atomic E-state index is 13.1. The lowest BCUT2D eigenvalue weighted by Crippen LogP contribution is -2.38. The van der Waals surface area contributed by atoms with Gasteiger partial charge in [-0.1, -0.05) is 83.9 Å². The van der Waals surface area contributed by atoms with E-state index in [4.69, 9.17) is 32.7 Å². The number of hydrogen-bond donors (Lipinski definition) is 2. The van der Waals surface area contributed by atoms with Crippen molar-refractivity contribution < 1.29 is 19.4 Å². The number of halogens is 2. The number of aromatic hydroxyl groups is 1. The van der Waals surface area contributed by atoms with E-state index < -0.39 is 0 Å². The zero-order valence-corrected chi connectivity index (χ0v) is 22.3. The van der Waals surface area contributed by atoms with Gasteiger partial charge in [0.05, 0.1) is 28.0 Å². The second-order valence-electron chi connectivity index (χ2n) is 9.16. The van der Waals surface area contributed by atoms with Gasteiger partial charge in [0.1, 0.15) is 24.7 Å². The Labute approximate surface area is 235 Å². The maximum atomic E-state index is 13.1. The molecule has 8 heteroatoms. The number of phenols is 1. The van der Waals surface area contributed by atoms with Crippen LogP contribution < -0.4 is 19.7 Å². The highest BCUT2D eigenvalue weighted by Crippen LogP contribution is 2.40. The highest BCUT2D eigenvalue weighted by Gasteiger charge is 2.27. The zero-order valence-electron chi connectivity index (χ0n) is 20.8. The molecule has 196 valence electrons. The van der Waals surface area contributed by atoms with Crippen LogP contribution in [0.2, 0.25) is 10.0 Å². The number of nitrogens with zero attached hydrogens (tertiary/aromatic N) is 1. The summed E-state index contributed by atoms with van der Waals surface area (Å²) in [5, 5.41) is 17.6. The van der Waals surface area contributed by atoms with E-state index >= 15 is 0 Å². The van der Waals surface area contributed by atoms with E-state index in [0.717, 1.165) is 41.0 Å². The normalized spacial score (nSPS) is 13.7. The number of nitrogens with one attached hydrogen (secondary N) is 1. The van der Waals surface area contributed by atoms with E-state index in [0.29, 0.717) is 24.5 Å². The number of carbonyl (C=O) groups excluding carboxylic acids is 1. The SMILES string of the molecule is O=C(c1cc(Cl)c(O)c(Cl)c1)N1CCOc2ccc3ccccc3c21.c1ccc2c3c(ccc2c1)OCCN3. The predicted octanol–water partition coefficient (Wildman–Crippen LogP) is 7.54. The predicted molar refractivity (Wildman–Crippen MR) is 157 cm³/mol. The van der Waals surface area contributed by atoms with Crippen LogP contribution in [0.1, 0.15) is 10.4 Å². The highest BCUT2D eigenvalue weighted by molar-refractivity contribution is 6.37. The number of fused-ring (bicyclic) bond motifs is 6. The molecule has 7 rings (SSSR count). The minimum Gasteiger partial charge on any atom is -0.505 e. The molecule has 0 saturated carbocycles. The number of phenolic OH excluding ortho intramolecular Hbond substituents is 1. The van der Waals surface area contributed by atoms with Crippen molar-refractivity contribution in [2.45, 2.75) is 0 Å². The number of benzene rings is 5. The molecule has 0 unspecified atom stereocenters. The molecule has 5 aromatic carbocycles. The Morgan fingerprint density at radius 1 is 0.795 bits per heavy atom. The monoisotopic (exact) mass is 558 g/mol. The van der Waals surface area contributed by atoms with E-state index in [2.05, 4.69) is 35.6 Å². The molecule has 39 heavy (non-hydrogen) atoms. The molecule has 2 aliphatic heterocycles. The average molecular weight is 559 g/mol. The van der Waals surface area contributed by atoms with Gasteiger partial charge in [-0.25, -0.2) is 0 Å². The van der Waals surface area contributed by atoms with Gasteiger partial charge in [0.15, 0.2) is 5.75 Å². The van der Waals surface area contributed by atoms with Crippen LogP contribution in [0, 0.1) is 0 Å². The number of carbonyl (C=O) groups is 1. The molecular weight excluding hydrogens is 535 g/mol. The number of ether oxygens (including phenoxy) is 2. The van der Waals surface area contributed by atoms with Crippen LogP contribution in [0.4, 0.5) is 11.4 Å². The van der Waals surface area contributed by atoms with Crippen LogP contribution in [0.5, 0.6) is 17.2 Å². The van der Waals surface area contributed by atoms with Gasteiger partial charge < -0.3 is 24.8 Å². The highest BCUT2D eigenvalue weighted by atomic mass is 35.5. The second kappa shape index (κ2) is 10.6. The zero-order chi connectivity index (χ0) is 26.9. The summed E-state index contributed by atoms with van der Waals surface area (Å²) < 4.78 is 11.3. The average Bonchev–Trinajstić information content (AvgIpc) is 2.99. The third kappa shape index (κ3) is 4.78. The van der Waals surface area contributed by atoms with Crippen molar-refractivity contribution in [1.29, 1.82) is 0 Å². The fourth-order valence-corrected chi connectivity index (χ4v) is 5.41. The summed E-state index contributed by atoms with van der Waals surface area (Å²) in [7, 11) is 0. The Morgan fingerprint density at radius 3 is 2.15 bits per heavy atom. The van der Waals surface area contributed by atoms with Gasteiger partial charge in [0.25, 0.3) is 5.91 Å². The number of rotatable bonds is 1. The van der Waals surface area contributed by atoms with Gasteiger partial charge in [-0.15, -0.1) is 0 Å². The first-order chi connectivity index (χ1) is 19.0. The standard InChI is InChI=1S/C19H13Cl2NO3.C12H11NO/c20-14-9-12(10-15(21)18(14)23)19(24)22-7-8-25-16-6-5-11-3-1-2-4-13(11)17(16)22;1-2-4-10-9(3-1)5-6-11-12(10)13-7-8-14-11/h1-6,9-10,23H,7-8H2;1-6,13H,7-8H2. The Balaban J connectivity index is 0.000000166. The molecule has 5 aromatic rings. The Morgan fingerprint density at radius 2 is 1.41 bits per heavy atom. The first-order valence-corrected chi connectivity index (χ1v) is 13.3. The second-order valence-corrected chi connectivity index (χ2v) is 9.98. The lowest BCUT2D eigenvalue weighted by molar-refractivity contribution is 0.0977. The van der Waals surface area contributed by atoms with E-state index in [9.17, 15) is 9.90 Å². The topological polar surface area (TPSA) is 71.0 Å². The first-order valence-electron chi connectivity index (χ1n) is 12.5. The molecule has 2 N–H and O–H groups in total. The summed E-state index contributed by atoms with van der Waals surface area (Å²) in [6.07, 6.45) is 0. The van der Waals surface area contributed by atoms with Gasteiger partial charge in [-0.2, -0.15) is 0 Å². The van der Waals surface area contributed by atoms with E-state index in [-0.39, 0.29) is 21.7 Å². The smallest absolute Gasteiger partial charge is 0.258 e. The summed E-state index contributed by atoms with van der Waals surface area (Å²) in [6.45, 7) is 2.46. The van der Waals surface area contributed by atoms with Crippen LogP contribution in [0.15, 0.2) is 84.9 Å². The van der Waals surface area contributed by atoms with Crippen molar-refractivity contribution in [2.75, 3.05) is 36.5 Å². The molecule has 0 fully saturated rings. The number of anilines is 2. The molecule has 0 aromatic heterocycles. The Hall–Kier alpha value is -4.13. The Kier molecular flexibility index (Phi) is 6.81. The quantitative estimate of drug-likeness (QED) is 0.222. The lowest BCUT2D eigenvalue weighted by Gasteiger charge is -2.31. The fourth-order valence-electron chi connectivity index (χ4n) is 4.93. The van der Waals surface area contributed by atoms with Crippen molar-refractivity contribution >= 4 is 62.0 Å². The molecule has 0 bridgehead atoms. The summed E-state index contributed by atoms with van der Waals surface area (Å²) in [6, 6.07) is 27.0. The van der Waals surface area contributed by atoms with Crippen LogP contribution in [0.3, 0.4) is 0 Å². The fraction of sp³-hybridized carbons (Fsp3) is 0.129. The minimum absolute atomic E-state index is 0.0438. The van der Waals surface area contributed by atoms with Crippen LogP contribution in [0.25, 0.3) is 21.5 Å². The summed E-state index contributed by atoms with van der Waals surface area (Å²) in [4.78, 5) is 14.8. The van der Waals surface area contributed by atoms with Crippen molar-refractivity contribution in [1.82, 2.24) is 0 Å². The summed E-state index contributed by atoms with van der Waals surface area (Å²) >= 11 is 11.9. The summed E-state index contributed by atoms with van der Waals surface area (Å²) in [5.41, 5.74) is 2.18. The van der Waals surface area contributed by atoms with Crippen molar-refractivity contribution in [3.63, 3.8) is 0 Å². The summed E-state index contributed by atoms with van der Waals surface area (Å²) in [5.74, 6) is 1.15. The van der Waals surface area contributed by atoms with Gasteiger partial charge >= 0.3 is 0 Å². The molecule has 1 amide bonds. The molecule has 0 aliphatic carbocycles. The van der Waals surface area contributed by atoms with Gasteiger partial charge in [0, 0.05) is 22.9 Å².